The van der Waals surface area contributed by atoms with Crippen LogP contribution in [0.5, 0.6) is 0 Å². The van der Waals surface area contributed by atoms with Gasteiger partial charge in [0.05, 0.1) is 30.3 Å². The van der Waals surface area contributed by atoms with Crippen molar-refractivity contribution in [3.63, 3.8) is 0 Å². The quantitative estimate of drug-likeness (QED) is 0.0591. The van der Waals surface area contributed by atoms with Crippen molar-refractivity contribution >= 4 is 53.8 Å². The van der Waals surface area contributed by atoms with Gasteiger partial charge in [-0.25, -0.2) is 0 Å². The molecular formula is C45H62BClN4O9. The lowest BCUT2D eigenvalue weighted by atomic mass is 9.43. The largest absolute Gasteiger partial charge is 0.461 e. The molecule has 1 aliphatic heterocycles. The molecule has 3 aliphatic carbocycles. The van der Waals surface area contributed by atoms with Crippen LogP contribution in [-0.4, -0.2) is 83.7 Å². The highest BCUT2D eigenvalue weighted by atomic mass is 35.5. The molecule has 0 spiro atoms. The van der Waals surface area contributed by atoms with Gasteiger partial charge in [0.1, 0.15) is 6.04 Å². The summed E-state index contributed by atoms with van der Waals surface area (Å²) in [6.45, 7) is 11.7. The molecule has 2 aromatic rings. The number of benzene rings is 2. The lowest BCUT2D eigenvalue weighted by Crippen LogP contribution is -2.65. The molecule has 4 fully saturated rings. The van der Waals surface area contributed by atoms with Gasteiger partial charge in [-0.1, -0.05) is 82.1 Å². The summed E-state index contributed by atoms with van der Waals surface area (Å²) in [5.74, 6) is -4.65. The van der Waals surface area contributed by atoms with E-state index >= 15 is 0 Å². The summed E-state index contributed by atoms with van der Waals surface area (Å²) in [5, 5.41) is 16.5. The van der Waals surface area contributed by atoms with E-state index in [2.05, 4.69) is 31.4 Å². The van der Waals surface area contributed by atoms with Crippen LogP contribution in [0.2, 0.25) is 10.8 Å². The third-order valence-electron chi connectivity index (χ3n) is 13.3. The predicted molar refractivity (Wildman–Crippen MR) is 230 cm³/mol. The van der Waals surface area contributed by atoms with Crippen LogP contribution in [0.1, 0.15) is 110 Å². The molecule has 1 heterocycles. The van der Waals surface area contributed by atoms with Gasteiger partial charge in [0.2, 0.25) is 17.7 Å². The number of Topliss-reactive ketones (excluding diaryl/α,β-unsaturated/α-hetero) is 3. The highest BCUT2D eigenvalue weighted by molar-refractivity contribution is 6.47. The number of primary amides is 1. The maximum absolute atomic E-state index is 13.7. The number of hydrogen-bond acceptors (Lipinski definition) is 10. The van der Waals surface area contributed by atoms with Crippen molar-refractivity contribution < 1.29 is 43.2 Å². The lowest BCUT2D eigenvalue weighted by molar-refractivity contribution is -0.199. The van der Waals surface area contributed by atoms with E-state index in [9.17, 15) is 33.9 Å². The summed E-state index contributed by atoms with van der Waals surface area (Å²) in [6, 6.07) is 11.7. The molecule has 15 heteroatoms. The van der Waals surface area contributed by atoms with Crippen molar-refractivity contribution in [2.45, 2.75) is 135 Å². The molecule has 10 atom stereocenters. The first-order chi connectivity index (χ1) is 28.2. The Morgan fingerprint density at radius 2 is 1.48 bits per heavy atom. The molecule has 3 saturated carbocycles. The topological polar surface area (TPSA) is 217 Å². The van der Waals surface area contributed by atoms with Gasteiger partial charge in [-0.3, -0.25) is 28.8 Å². The molecule has 326 valence electrons. The van der Waals surface area contributed by atoms with E-state index in [-0.39, 0.29) is 36.0 Å². The third-order valence-corrected chi connectivity index (χ3v) is 13.6. The minimum absolute atomic E-state index is 0.0453. The fourth-order valence-corrected chi connectivity index (χ4v) is 9.54. The molecule has 13 nitrogen and oxygen atoms in total. The van der Waals surface area contributed by atoms with Crippen LogP contribution in [0, 0.1) is 29.1 Å². The Labute approximate surface area is 358 Å². The van der Waals surface area contributed by atoms with Gasteiger partial charge in [0.15, 0.2) is 17.3 Å². The fourth-order valence-electron chi connectivity index (χ4n) is 9.42. The van der Waals surface area contributed by atoms with E-state index < -0.39 is 84.9 Å². The number of unbranched alkanes of at least 4 members (excludes halogenated alkanes) is 1. The molecule has 2 aromatic carbocycles. The minimum Gasteiger partial charge on any atom is -0.405 e. The summed E-state index contributed by atoms with van der Waals surface area (Å²) < 4.78 is 12.9. The number of rotatable bonds is 22. The molecule has 0 aromatic heterocycles. The Bertz CT molecular complexity index is 1890. The molecule has 6 rings (SSSR count). The number of aliphatic hydroxyl groups is 1. The van der Waals surface area contributed by atoms with Crippen LogP contribution in [0.4, 0.5) is 0 Å². The predicted octanol–water partition coefficient (Wildman–Crippen LogP) is 5.22. The fraction of sp³-hybridized carbons (Fsp3) is 0.600. The zero-order chi connectivity index (χ0) is 44.1. The lowest BCUT2D eigenvalue weighted by Gasteiger charge is -2.64. The maximum atomic E-state index is 13.7. The second-order valence-electron chi connectivity index (χ2n) is 18.2. The van der Waals surface area contributed by atoms with Crippen molar-refractivity contribution in [2.75, 3.05) is 6.54 Å². The Kier molecular flexibility index (Phi) is 15.6. The Hall–Kier alpha value is -3.95. The zero-order valence-corrected chi connectivity index (χ0v) is 36.5. The van der Waals surface area contributed by atoms with Crippen molar-refractivity contribution in [1.82, 2.24) is 10.6 Å². The van der Waals surface area contributed by atoms with Gasteiger partial charge >= 0.3 is 7.12 Å². The molecule has 1 unspecified atom stereocenters. The second kappa shape index (κ2) is 19.8. The first-order valence-corrected chi connectivity index (χ1v) is 21.7. The molecule has 3 amide bonds. The highest BCUT2D eigenvalue weighted by Gasteiger charge is 2.68. The Morgan fingerprint density at radius 3 is 2.07 bits per heavy atom. The van der Waals surface area contributed by atoms with E-state index in [1.54, 1.807) is 24.3 Å². The maximum Gasteiger partial charge on any atom is 0.461 e. The summed E-state index contributed by atoms with van der Waals surface area (Å²) in [4.78, 5) is 79.9. The monoisotopic (exact) mass is 848 g/mol. The summed E-state index contributed by atoms with van der Waals surface area (Å²) in [5.41, 5.74) is 13.1. The van der Waals surface area contributed by atoms with Crippen LogP contribution in [0.25, 0.3) is 11.1 Å². The SMILES string of the molecule is C[C@H](CC(=O)[C@H](CC(N)=O)NC(=O)[C@H](C)CC(=O)[C@@H](NC(=O)[C@H](CCCCN)CC(=O)c1ccc(-c2ccc(Cl)cc2)cc1)[C@@H](C)O)B1OC2C[C@@H]3C[C@@H](C3(C)C)[C@]2(C)O1. The van der Waals surface area contributed by atoms with Crippen LogP contribution < -0.4 is 22.1 Å². The van der Waals surface area contributed by atoms with Crippen LogP contribution in [0.15, 0.2) is 48.5 Å². The smallest absolute Gasteiger partial charge is 0.405 e. The number of carbonyl (C=O) groups is 6. The number of amides is 3. The number of aliphatic hydroxyl groups excluding tert-OH is 1. The van der Waals surface area contributed by atoms with Crippen LogP contribution in [-0.2, 0) is 33.3 Å². The standard InChI is InChI=1S/C45H62BClN4O9/c1-25(42(57)50-34(24-40(49)56)36(54)20-26(2)46-59-39-23-32-22-38(44(32,4)5)45(39,6)60-46)19-37(55)41(27(3)52)51-43(58)31(9-7-8-18-48)21-35(53)30-12-10-28(11-13-30)29-14-16-33(47)17-15-29/h10-17,25-27,31-32,34,38-39,41,52H,7-9,18-24,48H2,1-6H3,(H2,49,56)(H,50,57)(H,51,58)/t25-,26-,27-,31-,32+,34+,38+,39?,41+,45+/m1/s1. The Balaban J connectivity index is 1.17. The number of nitrogens with one attached hydrogen (secondary N) is 2. The number of carbonyl (C=O) groups excluding carboxylic acids is 6. The van der Waals surface area contributed by atoms with E-state index in [1.165, 1.54) is 13.8 Å². The van der Waals surface area contributed by atoms with Crippen molar-refractivity contribution in [3.8, 4) is 11.1 Å². The molecular weight excluding hydrogens is 787 g/mol. The molecule has 1 saturated heterocycles. The number of halogens is 1. The summed E-state index contributed by atoms with van der Waals surface area (Å²) >= 11 is 6.02. The second-order valence-corrected chi connectivity index (χ2v) is 18.6. The normalized spacial score (nSPS) is 24.4. The molecule has 4 aliphatic rings. The van der Waals surface area contributed by atoms with Crippen molar-refractivity contribution in [3.05, 3.63) is 59.1 Å². The van der Waals surface area contributed by atoms with Crippen molar-refractivity contribution in [2.24, 2.45) is 40.6 Å². The highest BCUT2D eigenvalue weighted by Crippen LogP contribution is 2.66. The molecule has 2 bridgehead atoms. The van der Waals surface area contributed by atoms with Crippen LogP contribution in [0.3, 0.4) is 0 Å². The van der Waals surface area contributed by atoms with E-state index in [0.29, 0.717) is 48.2 Å². The first kappa shape index (κ1) is 47.1. The summed E-state index contributed by atoms with van der Waals surface area (Å²) in [7, 11) is -0.626. The molecule has 60 heavy (non-hydrogen) atoms. The van der Waals surface area contributed by atoms with E-state index in [1.807, 2.05) is 31.2 Å². The van der Waals surface area contributed by atoms with Crippen molar-refractivity contribution in [1.29, 1.82) is 0 Å². The van der Waals surface area contributed by atoms with Gasteiger partial charge in [-0.05, 0) is 92.4 Å². The first-order valence-electron chi connectivity index (χ1n) is 21.3. The molecule has 7 N–H and O–H groups in total. The van der Waals surface area contributed by atoms with Crippen LogP contribution >= 0.6 is 11.6 Å². The number of ketones is 3. The van der Waals surface area contributed by atoms with Gasteiger partial charge in [0.25, 0.3) is 0 Å². The average Bonchev–Trinajstić information content (AvgIpc) is 3.56. The number of nitrogens with two attached hydrogens (primary N) is 2. The van der Waals surface area contributed by atoms with E-state index in [4.69, 9.17) is 32.4 Å². The van der Waals surface area contributed by atoms with Gasteiger partial charge in [-0.2, -0.15) is 0 Å². The zero-order valence-electron chi connectivity index (χ0n) is 35.7. The number of hydrogen-bond donors (Lipinski definition) is 5. The summed E-state index contributed by atoms with van der Waals surface area (Å²) in [6.07, 6.45) is 1.07. The van der Waals surface area contributed by atoms with Gasteiger partial charge < -0.3 is 36.5 Å². The minimum atomic E-state index is -1.38. The van der Waals surface area contributed by atoms with Gasteiger partial charge in [0, 0.05) is 41.7 Å². The Morgan fingerprint density at radius 1 is 0.850 bits per heavy atom. The van der Waals surface area contributed by atoms with Gasteiger partial charge in [-0.15, -0.1) is 0 Å². The average molecular weight is 849 g/mol. The third kappa shape index (κ3) is 10.9. The van der Waals surface area contributed by atoms with E-state index in [0.717, 1.165) is 24.0 Å². The molecule has 0 radical (unpaired) electrons.